The van der Waals surface area contributed by atoms with E-state index in [0.717, 1.165) is 25.2 Å². The van der Waals surface area contributed by atoms with Gasteiger partial charge in [-0.3, -0.25) is 9.58 Å². The Morgan fingerprint density at radius 2 is 2.12 bits per heavy atom. The number of hydrogen-bond acceptors (Lipinski definition) is 6. The van der Waals surface area contributed by atoms with Gasteiger partial charge in [-0.1, -0.05) is 35.5 Å². The molecule has 1 fully saturated rings. The standard InChI is InChI=1S/C18H21N5O2/c1-14(18-20-17(21-25-18)15-6-3-2-4-7-15)22-10-11-24-16(12-22)13-23-9-5-8-19-23/h2-9,14,16H,10-13H2,1H3/t14-,16+/m0/s1. The van der Waals surface area contributed by atoms with Crippen molar-refractivity contribution in [2.45, 2.75) is 25.6 Å². The fourth-order valence-corrected chi connectivity index (χ4v) is 3.09. The monoisotopic (exact) mass is 339 g/mol. The molecule has 7 nitrogen and oxygen atoms in total. The molecule has 130 valence electrons. The Morgan fingerprint density at radius 1 is 1.24 bits per heavy atom. The second-order valence-corrected chi connectivity index (χ2v) is 6.21. The maximum absolute atomic E-state index is 5.87. The van der Waals surface area contributed by atoms with E-state index >= 15 is 0 Å². The van der Waals surface area contributed by atoms with Gasteiger partial charge in [-0.25, -0.2) is 0 Å². The van der Waals surface area contributed by atoms with E-state index < -0.39 is 0 Å². The number of ether oxygens (including phenoxy) is 1. The highest BCUT2D eigenvalue weighted by Gasteiger charge is 2.28. The maximum atomic E-state index is 5.87. The summed E-state index contributed by atoms with van der Waals surface area (Å²) in [5.41, 5.74) is 0.961. The highest BCUT2D eigenvalue weighted by atomic mass is 16.5. The van der Waals surface area contributed by atoms with Crippen molar-refractivity contribution in [2.24, 2.45) is 0 Å². The van der Waals surface area contributed by atoms with Gasteiger partial charge >= 0.3 is 0 Å². The molecule has 0 aliphatic carbocycles. The number of rotatable bonds is 5. The van der Waals surface area contributed by atoms with Crippen LogP contribution in [0.15, 0.2) is 53.3 Å². The van der Waals surface area contributed by atoms with E-state index in [4.69, 9.17) is 9.26 Å². The quantitative estimate of drug-likeness (QED) is 0.711. The van der Waals surface area contributed by atoms with Crippen molar-refractivity contribution in [1.29, 1.82) is 0 Å². The van der Waals surface area contributed by atoms with Crippen molar-refractivity contribution in [1.82, 2.24) is 24.8 Å². The Labute approximate surface area is 146 Å². The van der Waals surface area contributed by atoms with Gasteiger partial charge in [0.15, 0.2) is 0 Å². The number of nitrogens with zero attached hydrogens (tertiary/aromatic N) is 5. The minimum Gasteiger partial charge on any atom is -0.374 e. The molecule has 0 saturated carbocycles. The van der Waals surface area contributed by atoms with E-state index in [1.807, 2.05) is 47.3 Å². The molecule has 2 atom stereocenters. The van der Waals surface area contributed by atoms with E-state index in [1.165, 1.54) is 0 Å². The third-order valence-electron chi connectivity index (χ3n) is 4.50. The lowest BCUT2D eigenvalue weighted by atomic mass is 10.2. The minimum absolute atomic E-state index is 0.0500. The SMILES string of the molecule is C[C@@H](c1nc(-c2ccccc2)no1)N1CCO[C@@H](Cn2cccn2)C1. The first-order chi connectivity index (χ1) is 12.3. The van der Waals surface area contributed by atoms with Crippen LogP contribution in [0.4, 0.5) is 0 Å². The molecule has 0 bridgehead atoms. The first kappa shape index (κ1) is 16.0. The predicted octanol–water partition coefficient (Wildman–Crippen LogP) is 2.40. The average molecular weight is 339 g/mol. The van der Waals surface area contributed by atoms with Gasteiger partial charge in [0.25, 0.3) is 0 Å². The van der Waals surface area contributed by atoms with Gasteiger partial charge < -0.3 is 9.26 Å². The van der Waals surface area contributed by atoms with E-state index in [0.29, 0.717) is 18.3 Å². The van der Waals surface area contributed by atoms with Crippen LogP contribution in [-0.4, -0.2) is 50.6 Å². The molecule has 4 rings (SSSR count). The van der Waals surface area contributed by atoms with Gasteiger partial charge in [0.2, 0.25) is 11.7 Å². The smallest absolute Gasteiger partial charge is 0.244 e. The summed E-state index contributed by atoms with van der Waals surface area (Å²) in [4.78, 5) is 6.90. The summed E-state index contributed by atoms with van der Waals surface area (Å²) in [5, 5.41) is 8.38. The fraction of sp³-hybridized carbons (Fsp3) is 0.389. The summed E-state index contributed by atoms with van der Waals surface area (Å²) in [6.07, 6.45) is 3.84. The third kappa shape index (κ3) is 3.62. The second-order valence-electron chi connectivity index (χ2n) is 6.21. The Morgan fingerprint density at radius 3 is 2.92 bits per heavy atom. The molecule has 7 heteroatoms. The molecule has 0 spiro atoms. The molecular formula is C18H21N5O2. The zero-order valence-corrected chi connectivity index (χ0v) is 14.2. The number of morpholine rings is 1. The summed E-state index contributed by atoms with van der Waals surface area (Å²) >= 11 is 0. The van der Waals surface area contributed by atoms with Crippen LogP contribution in [0.5, 0.6) is 0 Å². The summed E-state index contributed by atoms with van der Waals surface area (Å²) < 4.78 is 13.3. The third-order valence-corrected chi connectivity index (χ3v) is 4.50. The normalized spacial score (nSPS) is 19.8. The van der Waals surface area contributed by atoms with Crippen LogP contribution in [-0.2, 0) is 11.3 Å². The Balaban J connectivity index is 1.43. The molecule has 0 amide bonds. The van der Waals surface area contributed by atoms with Gasteiger partial charge in [0.05, 0.1) is 25.3 Å². The highest BCUT2D eigenvalue weighted by molar-refractivity contribution is 5.53. The fourth-order valence-electron chi connectivity index (χ4n) is 3.09. The Kier molecular flexibility index (Phi) is 4.58. The average Bonchev–Trinajstić information content (AvgIpc) is 3.34. The van der Waals surface area contributed by atoms with Crippen LogP contribution in [0.1, 0.15) is 18.9 Å². The summed E-state index contributed by atoms with van der Waals surface area (Å²) in [6, 6.07) is 11.8. The van der Waals surface area contributed by atoms with E-state index in [9.17, 15) is 0 Å². The van der Waals surface area contributed by atoms with Gasteiger partial charge in [-0.05, 0) is 13.0 Å². The molecule has 25 heavy (non-hydrogen) atoms. The highest BCUT2D eigenvalue weighted by Crippen LogP contribution is 2.24. The summed E-state index contributed by atoms with van der Waals surface area (Å²) in [7, 11) is 0. The van der Waals surface area contributed by atoms with Crippen LogP contribution < -0.4 is 0 Å². The van der Waals surface area contributed by atoms with Crippen LogP contribution in [0.25, 0.3) is 11.4 Å². The molecular weight excluding hydrogens is 318 g/mol. The van der Waals surface area contributed by atoms with Crippen LogP contribution in [0, 0.1) is 0 Å². The van der Waals surface area contributed by atoms with Crippen molar-refractivity contribution >= 4 is 0 Å². The van der Waals surface area contributed by atoms with Crippen LogP contribution in [0.3, 0.4) is 0 Å². The molecule has 0 N–H and O–H groups in total. The van der Waals surface area contributed by atoms with Gasteiger partial charge in [0.1, 0.15) is 0 Å². The van der Waals surface area contributed by atoms with Crippen molar-refractivity contribution in [3.8, 4) is 11.4 Å². The summed E-state index contributed by atoms with van der Waals surface area (Å²) in [5.74, 6) is 1.27. The molecule has 2 aromatic heterocycles. The molecule has 3 aromatic rings. The predicted molar refractivity (Wildman–Crippen MR) is 91.7 cm³/mol. The second kappa shape index (κ2) is 7.16. The molecule has 0 unspecified atom stereocenters. The van der Waals surface area contributed by atoms with E-state index in [1.54, 1.807) is 6.20 Å². The van der Waals surface area contributed by atoms with Crippen molar-refractivity contribution in [3.63, 3.8) is 0 Å². The Bertz CT molecular complexity index is 787. The number of hydrogen-bond donors (Lipinski definition) is 0. The summed E-state index contributed by atoms with van der Waals surface area (Å²) in [6.45, 7) is 5.19. The molecule has 0 radical (unpaired) electrons. The lowest BCUT2D eigenvalue weighted by Gasteiger charge is -2.35. The molecule has 1 saturated heterocycles. The number of benzene rings is 1. The van der Waals surface area contributed by atoms with Gasteiger partial charge in [0, 0.05) is 31.0 Å². The van der Waals surface area contributed by atoms with Crippen LogP contribution >= 0.6 is 0 Å². The Hall–Kier alpha value is -2.51. The zero-order valence-electron chi connectivity index (χ0n) is 14.2. The first-order valence-electron chi connectivity index (χ1n) is 8.52. The number of aromatic nitrogens is 4. The van der Waals surface area contributed by atoms with Gasteiger partial charge in [-0.15, -0.1) is 0 Å². The van der Waals surface area contributed by atoms with Crippen LogP contribution in [0.2, 0.25) is 0 Å². The minimum atomic E-state index is 0.0500. The lowest BCUT2D eigenvalue weighted by molar-refractivity contribution is -0.0532. The first-order valence-corrected chi connectivity index (χ1v) is 8.52. The maximum Gasteiger partial charge on any atom is 0.244 e. The molecule has 3 heterocycles. The topological polar surface area (TPSA) is 69.2 Å². The molecule has 1 aliphatic rings. The van der Waals surface area contributed by atoms with Crippen molar-refractivity contribution in [2.75, 3.05) is 19.7 Å². The van der Waals surface area contributed by atoms with Crippen molar-refractivity contribution in [3.05, 3.63) is 54.7 Å². The van der Waals surface area contributed by atoms with E-state index in [-0.39, 0.29) is 12.1 Å². The molecule has 1 aromatic carbocycles. The van der Waals surface area contributed by atoms with Gasteiger partial charge in [-0.2, -0.15) is 10.1 Å². The van der Waals surface area contributed by atoms with E-state index in [2.05, 4.69) is 27.1 Å². The zero-order chi connectivity index (χ0) is 17.1. The molecule has 1 aliphatic heterocycles. The van der Waals surface area contributed by atoms with Crippen molar-refractivity contribution < 1.29 is 9.26 Å². The lowest BCUT2D eigenvalue weighted by Crippen LogP contribution is -2.45. The largest absolute Gasteiger partial charge is 0.374 e.